The highest BCUT2D eigenvalue weighted by atomic mass is 16.5. The summed E-state index contributed by atoms with van der Waals surface area (Å²) in [5.74, 6) is 0. The maximum Gasteiger partial charge on any atom is 0.0644 e. The third-order valence-corrected chi connectivity index (χ3v) is 4.05. The van der Waals surface area contributed by atoms with E-state index in [0.717, 1.165) is 6.42 Å². The zero-order chi connectivity index (χ0) is 16.6. The van der Waals surface area contributed by atoms with Crippen molar-refractivity contribution in [2.45, 2.75) is 6.42 Å². The van der Waals surface area contributed by atoms with Crippen LogP contribution in [-0.2, 0) is 11.2 Å². The van der Waals surface area contributed by atoms with Crippen LogP contribution in [0.2, 0.25) is 0 Å². The number of hydrogen-bond acceptors (Lipinski definition) is 1. The van der Waals surface area contributed by atoms with Crippen LogP contribution in [0.15, 0.2) is 91.5 Å². The number of hydrogen-bond donors (Lipinski definition) is 0. The molecule has 24 heavy (non-hydrogen) atoms. The van der Waals surface area contributed by atoms with E-state index in [1.54, 1.807) is 6.08 Å². The lowest BCUT2D eigenvalue weighted by Gasteiger charge is -2.13. The zero-order valence-electron chi connectivity index (χ0n) is 13.8. The van der Waals surface area contributed by atoms with Gasteiger partial charge >= 0.3 is 0 Å². The van der Waals surface area contributed by atoms with Gasteiger partial charge in [-0.1, -0.05) is 78.9 Å². The summed E-state index contributed by atoms with van der Waals surface area (Å²) in [5, 5.41) is 0. The molecule has 0 spiro atoms. The van der Waals surface area contributed by atoms with Gasteiger partial charge < -0.3 is 4.74 Å². The maximum absolute atomic E-state index is 5.57. The van der Waals surface area contributed by atoms with E-state index in [1.807, 2.05) is 6.07 Å². The molecule has 0 unspecified atom stereocenters. The minimum Gasteiger partial charge on any atom is -0.377 e. The van der Waals surface area contributed by atoms with Crippen molar-refractivity contribution in [2.24, 2.45) is 0 Å². The Hall–Kier alpha value is -2.64. The summed E-state index contributed by atoms with van der Waals surface area (Å²) in [7, 11) is 0. The van der Waals surface area contributed by atoms with Gasteiger partial charge in [-0.05, 0) is 40.3 Å². The lowest BCUT2D eigenvalue weighted by Crippen LogP contribution is -2.00. The number of rotatable bonds is 7. The normalized spacial score (nSPS) is 10.5. The molecular weight excluding hydrogens is 292 g/mol. The predicted molar refractivity (Wildman–Crippen MR) is 102 cm³/mol. The van der Waals surface area contributed by atoms with Crippen molar-refractivity contribution in [3.8, 4) is 22.3 Å². The topological polar surface area (TPSA) is 9.23 Å². The van der Waals surface area contributed by atoms with Gasteiger partial charge in [-0.15, -0.1) is 6.58 Å². The fourth-order valence-corrected chi connectivity index (χ4v) is 2.84. The molecule has 0 amide bonds. The molecule has 3 rings (SSSR count). The van der Waals surface area contributed by atoms with Crippen molar-refractivity contribution in [3.05, 3.63) is 97.1 Å². The summed E-state index contributed by atoms with van der Waals surface area (Å²) in [6.07, 6.45) is 2.68. The molecule has 0 aromatic heterocycles. The molecule has 3 aromatic rings. The van der Waals surface area contributed by atoms with Crippen LogP contribution in [0.5, 0.6) is 0 Å². The summed E-state index contributed by atoms with van der Waals surface area (Å²) in [6, 6.07) is 27.8. The smallest absolute Gasteiger partial charge is 0.0644 e. The van der Waals surface area contributed by atoms with E-state index in [4.69, 9.17) is 4.74 Å². The Morgan fingerprint density at radius 2 is 1.42 bits per heavy atom. The third kappa shape index (κ3) is 4.01. The minimum atomic E-state index is 0.600. The van der Waals surface area contributed by atoms with Gasteiger partial charge in [0.15, 0.2) is 0 Å². The van der Waals surface area contributed by atoms with Crippen LogP contribution in [0.25, 0.3) is 22.3 Å². The Bertz CT molecular complexity index is 776. The van der Waals surface area contributed by atoms with E-state index < -0.39 is 0 Å². The van der Waals surface area contributed by atoms with Crippen LogP contribution in [0, 0.1) is 0 Å². The van der Waals surface area contributed by atoms with Gasteiger partial charge in [-0.2, -0.15) is 0 Å². The van der Waals surface area contributed by atoms with E-state index in [9.17, 15) is 0 Å². The van der Waals surface area contributed by atoms with Crippen molar-refractivity contribution < 1.29 is 4.74 Å². The monoisotopic (exact) mass is 314 g/mol. The molecule has 3 aromatic carbocycles. The second-order valence-electron chi connectivity index (χ2n) is 5.72. The van der Waals surface area contributed by atoms with Gasteiger partial charge in [-0.3, -0.25) is 0 Å². The van der Waals surface area contributed by atoms with Crippen LogP contribution >= 0.6 is 0 Å². The molecule has 0 heterocycles. The zero-order valence-corrected chi connectivity index (χ0v) is 13.8. The fraction of sp³-hybridized carbons (Fsp3) is 0.130. The van der Waals surface area contributed by atoms with E-state index in [2.05, 4.69) is 79.4 Å². The summed E-state index contributed by atoms with van der Waals surface area (Å²) < 4.78 is 5.57. The number of ether oxygens (including phenoxy) is 1. The van der Waals surface area contributed by atoms with Crippen LogP contribution in [0.4, 0.5) is 0 Å². The van der Waals surface area contributed by atoms with Crippen LogP contribution in [-0.4, -0.2) is 13.2 Å². The number of benzene rings is 3. The lowest BCUT2D eigenvalue weighted by atomic mass is 9.93. The van der Waals surface area contributed by atoms with Crippen LogP contribution in [0.1, 0.15) is 5.56 Å². The SMILES string of the molecule is C=CCOCCc1ccc(-c2ccccc2)cc1-c1ccccc1. The summed E-state index contributed by atoms with van der Waals surface area (Å²) in [5.41, 5.74) is 6.31. The molecule has 1 heteroatoms. The second kappa shape index (κ2) is 8.28. The maximum atomic E-state index is 5.57. The molecule has 1 nitrogen and oxygen atoms in total. The Kier molecular flexibility index (Phi) is 5.60. The first-order valence-electron chi connectivity index (χ1n) is 8.31. The molecule has 0 bridgehead atoms. The average molecular weight is 314 g/mol. The molecule has 0 saturated carbocycles. The van der Waals surface area contributed by atoms with Crippen molar-refractivity contribution in [2.75, 3.05) is 13.2 Å². The molecular formula is C23H22O. The van der Waals surface area contributed by atoms with Gasteiger partial charge in [0.1, 0.15) is 0 Å². The second-order valence-corrected chi connectivity index (χ2v) is 5.72. The fourth-order valence-electron chi connectivity index (χ4n) is 2.84. The van der Waals surface area contributed by atoms with Crippen molar-refractivity contribution in [1.82, 2.24) is 0 Å². The van der Waals surface area contributed by atoms with Crippen molar-refractivity contribution in [1.29, 1.82) is 0 Å². The molecule has 0 atom stereocenters. The Morgan fingerprint density at radius 3 is 2.08 bits per heavy atom. The first-order valence-corrected chi connectivity index (χ1v) is 8.31. The highest BCUT2D eigenvalue weighted by Crippen LogP contribution is 2.30. The van der Waals surface area contributed by atoms with Gasteiger partial charge in [0.05, 0.1) is 13.2 Å². The molecule has 0 radical (unpaired) electrons. The minimum absolute atomic E-state index is 0.600. The molecule has 0 fully saturated rings. The summed E-state index contributed by atoms with van der Waals surface area (Å²) >= 11 is 0. The van der Waals surface area contributed by atoms with E-state index >= 15 is 0 Å². The largest absolute Gasteiger partial charge is 0.377 e. The van der Waals surface area contributed by atoms with Crippen LogP contribution < -0.4 is 0 Å². The highest BCUT2D eigenvalue weighted by Gasteiger charge is 2.08. The van der Waals surface area contributed by atoms with Gasteiger partial charge in [0, 0.05) is 0 Å². The molecule has 0 N–H and O–H groups in total. The molecule has 0 aliphatic rings. The van der Waals surface area contributed by atoms with Crippen molar-refractivity contribution >= 4 is 0 Å². The lowest BCUT2D eigenvalue weighted by molar-refractivity contribution is 0.166. The summed E-state index contributed by atoms with van der Waals surface area (Å²) in [4.78, 5) is 0. The summed E-state index contributed by atoms with van der Waals surface area (Å²) in [6.45, 7) is 5.00. The standard InChI is InChI=1S/C23H22O/c1-2-16-24-17-15-21-13-14-22(19-9-5-3-6-10-19)18-23(21)20-11-7-4-8-12-20/h2-14,18H,1,15-17H2. The predicted octanol–water partition coefficient (Wildman–Crippen LogP) is 5.77. The van der Waals surface area contributed by atoms with E-state index in [-0.39, 0.29) is 0 Å². The van der Waals surface area contributed by atoms with Gasteiger partial charge in [-0.25, -0.2) is 0 Å². The molecule has 0 saturated heterocycles. The van der Waals surface area contributed by atoms with E-state index in [1.165, 1.54) is 27.8 Å². The average Bonchev–Trinajstić information content (AvgIpc) is 2.67. The highest BCUT2D eigenvalue weighted by molar-refractivity contribution is 5.75. The third-order valence-electron chi connectivity index (χ3n) is 4.05. The van der Waals surface area contributed by atoms with E-state index in [0.29, 0.717) is 13.2 Å². The van der Waals surface area contributed by atoms with Crippen molar-refractivity contribution in [3.63, 3.8) is 0 Å². The molecule has 0 aliphatic heterocycles. The quantitative estimate of drug-likeness (QED) is 0.397. The molecule has 120 valence electrons. The van der Waals surface area contributed by atoms with Gasteiger partial charge in [0.25, 0.3) is 0 Å². The first-order chi connectivity index (χ1) is 11.9. The Labute approximate surface area is 144 Å². The Balaban J connectivity index is 1.95. The Morgan fingerprint density at radius 1 is 0.750 bits per heavy atom. The van der Waals surface area contributed by atoms with Gasteiger partial charge in [0.2, 0.25) is 0 Å². The van der Waals surface area contributed by atoms with Crippen LogP contribution in [0.3, 0.4) is 0 Å². The first kappa shape index (κ1) is 16.2. The molecule has 0 aliphatic carbocycles.